The monoisotopic (exact) mass is 746 g/mol. The molecule has 2 amide bonds. The van der Waals surface area contributed by atoms with Gasteiger partial charge in [-0.1, -0.05) is 11.2 Å². The van der Waals surface area contributed by atoms with Crippen molar-refractivity contribution in [3.63, 3.8) is 0 Å². The molecule has 0 spiro atoms. The molecule has 0 aliphatic carbocycles. The summed E-state index contributed by atoms with van der Waals surface area (Å²) in [5, 5.41) is 19.7. The Kier molecular flexibility index (Phi) is 11.9. The lowest BCUT2D eigenvalue weighted by atomic mass is 9.84. The number of anilines is 1. The first-order chi connectivity index (χ1) is 24.3. The van der Waals surface area contributed by atoms with Gasteiger partial charge in [-0.25, -0.2) is 9.78 Å². The fourth-order valence-electron chi connectivity index (χ4n) is 5.86. The number of nitrogens with two attached hydrogens (primary N) is 3. The van der Waals surface area contributed by atoms with E-state index < -0.39 is 41.1 Å². The first-order valence-electron chi connectivity index (χ1n) is 16.4. The van der Waals surface area contributed by atoms with E-state index in [-0.39, 0.29) is 23.0 Å². The number of hydroxylamine groups is 2. The van der Waals surface area contributed by atoms with Crippen LogP contribution in [0.25, 0.3) is 11.1 Å². The maximum absolute atomic E-state index is 13.6. The van der Waals surface area contributed by atoms with Crippen molar-refractivity contribution in [3.05, 3.63) is 47.2 Å². The van der Waals surface area contributed by atoms with Gasteiger partial charge >= 0.3 is 5.97 Å². The summed E-state index contributed by atoms with van der Waals surface area (Å²) in [6.45, 7) is 7.44. The summed E-state index contributed by atoms with van der Waals surface area (Å²) < 4.78 is 20.6. The molecule has 1 aromatic carbocycles. The third-order valence-electron chi connectivity index (χ3n) is 8.90. The Morgan fingerprint density at radius 2 is 2.04 bits per heavy atom. The number of aliphatic carboxylic acids is 1. The molecule has 0 saturated carbocycles. The molecule has 8 N–H and O–H groups in total. The molecule has 2 aliphatic rings. The highest BCUT2D eigenvalue weighted by Crippen LogP contribution is 2.37. The molecular weight excluding hydrogens is 703 g/mol. The maximum Gasteiger partial charge on any atom is 0.354 e. The van der Waals surface area contributed by atoms with Crippen molar-refractivity contribution in [2.24, 2.45) is 16.6 Å². The van der Waals surface area contributed by atoms with Gasteiger partial charge in [-0.15, -0.1) is 16.0 Å². The predicted molar refractivity (Wildman–Crippen MR) is 189 cm³/mol. The highest BCUT2D eigenvalue weighted by Gasteiger charge is 2.57. The smallest absolute Gasteiger partial charge is 0.354 e. The molecule has 276 valence electrons. The Labute approximate surface area is 303 Å². The summed E-state index contributed by atoms with van der Waals surface area (Å²) in [6.07, 6.45) is 5.67. The number of oxime groups is 1. The summed E-state index contributed by atoms with van der Waals surface area (Å²) in [5.41, 5.74) is 17.0. The number of carbonyl (C=O) groups excluding carboxylic acids is 2. The zero-order valence-electron chi connectivity index (χ0n) is 28.9. The summed E-state index contributed by atoms with van der Waals surface area (Å²) in [5.74, 6) is -2.20. The van der Waals surface area contributed by atoms with Crippen LogP contribution in [0.3, 0.4) is 0 Å². The molecule has 0 bridgehead atoms. The minimum absolute atomic E-state index is 0.0407. The molecule has 3 atom stereocenters. The van der Waals surface area contributed by atoms with Gasteiger partial charge in [-0.2, -0.15) is 14.0 Å². The van der Waals surface area contributed by atoms with Gasteiger partial charge in [-0.3, -0.25) is 13.8 Å². The minimum Gasteiger partial charge on any atom is -0.485 e. The molecule has 3 aromatic rings. The summed E-state index contributed by atoms with van der Waals surface area (Å²) in [6, 6.07) is 4.78. The van der Waals surface area contributed by atoms with E-state index in [9.17, 15) is 19.5 Å². The number of benzene rings is 1. The number of aryl methyl sites for hydroxylation is 3. The number of nitrogen functional groups attached to an aromatic ring is 1. The minimum atomic E-state index is -2.02. The third kappa shape index (κ3) is 7.97. The van der Waals surface area contributed by atoms with Gasteiger partial charge in [0.05, 0.1) is 31.0 Å². The average Bonchev–Trinajstić information content (AvgIpc) is 3.73. The fourth-order valence-corrected chi connectivity index (χ4v) is 6.80. The van der Waals surface area contributed by atoms with E-state index in [4.69, 9.17) is 35.2 Å². The van der Waals surface area contributed by atoms with Gasteiger partial charge in [0.25, 0.3) is 17.4 Å². The average molecular weight is 747 g/mol. The van der Waals surface area contributed by atoms with E-state index in [2.05, 4.69) is 37.2 Å². The Morgan fingerprint density at radius 1 is 1.27 bits per heavy atom. The van der Waals surface area contributed by atoms with Crippen molar-refractivity contribution < 1.29 is 42.2 Å². The highest BCUT2D eigenvalue weighted by atomic mass is 32.2. The number of carboxylic acid groups (broad SMARTS) is 1. The first kappa shape index (κ1) is 38.0. The number of hydrogen-bond acceptors (Lipinski definition) is 14. The Hall–Kier alpha value is -4.27. The number of nitrogens with zero attached hydrogens (tertiary/aromatic N) is 5. The summed E-state index contributed by atoms with van der Waals surface area (Å²) in [7, 11) is 1.38. The zero-order chi connectivity index (χ0) is 36.9. The molecular formula is C32H44N9O8S2+. The third-order valence-corrected chi connectivity index (χ3v) is 9.92. The number of fused-ring (bicyclic) bond motifs is 1. The van der Waals surface area contributed by atoms with E-state index in [0.717, 1.165) is 59.0 Å². The SMILES string of the molecule is COSON1C(=O)[C@@H](NC(=O)/C(=N\OC(C)(C(=O)O)C2CCc3cc(-c4cn(CCCN)[n+](CCCN)c4)ccc3O2)c2csc(N)n2)C1(C)C. The van der Waals surface area contributed by atoms with Crippen LogP contribution in [-0.2, 0) is 47.2 Å². The summed E-state index contributed by atoms with van der Waals surface area (Å²) >= 11 is 1.65. The lowest BCUT2D eigenvalue weighted by Gasteiger charge is -2.50. The van der Waals surface area contributed by atoms with Crippen molar-refractivity contribution in [2.75, 3.05) is 25.9 Å². The highest BCUT2D eigenvalue weighted by molar-refractivity contribution is 7.89. The van der Waals surface area contributed by atoms with Gasteiger partial charge in [0.1, 0.15) is 17.5 Å². The molecule has 2 aliphatic heterocycles. The molecule has 19 heteroatoms. The number of β-lactam (4-membered cyclic amide) rings is 1. The van der Waals surface area contributed by atoms with Crippen LogP contribution in [0, 0.1) is 0 Å². The Balaban J connectivity index is 1.35. The van der Waals surface area contributed by atoms with E-state index in [1.54, 1.807) is 13.8 Å². The molecule has 4 heterocycles. The molecule has 17 nitrogen and oxygen atoms in total. The molecule has 0 radical (unpaired) electrons. The Bertz CT molecular complexity index is 1750. The Morgan fingerprint density at radius 3 is 2.69 bits per heavy atom. The maximum atomic E-state index is 13.6. The molecule has 1 saturated heterocycles. The largest absolute Gasteiger partial charge is 0.485 e. The number of amides is 2. The van der Waals surface area contributed by atoms with Crippen LogP contribution in [0.1, 0.15) is 51.3 Å². The van der Waals surface area contributed by atoms with Crippen LogP contribution in [0.4, 0.5) is 5.13 Å². The van der Waals surface area contributed by atoms with Crippen molar-refractivity contribution in [3.8, 4) is 16.9 Å². The van der Waals surface area contributed by atoms with Gasteiger partial charge in [0.15, 0.2) is 35.8 Å². The van der Waals surface area contributed by atoms with E-state index >= 15 is 0 Å². The molecule has 5 rings (SSSR count). The van der Waals surface area contributed by atoms with E-state index in [0.29, 0.717) is 37.6 Å². The molecule has 1 fully saturated rings. The second kappa shape index (κ2) is 16.0. The number of carboxylic acids is 1. The predicted octanol–water partition coefficient (Wildman–Crippen LogP) is 1.38. The van der Waals surface area contributed by atoms with Gasteiger partial charge in [-0.05, 0) is 76.4 Å². The standard InChI is InChI=1S/C32H43N9O8S2/c1-31(2)26(28(43)41(31)49-51-46-4)37-27(42)25(22-18-50-30(35)36-22)38-48-32(3,29(44)45)24-10-8-20-15-19(7-9-23(20)47-24)21-16-39(13-5-11-33)40(17-21)14-6-12-34/h7,9,15-18,24,26H,5-6,8,10-14,33-34H2,1-4H3,(H3-,35,36,37,42,44,45)/p+1/b38-25-/t24?,26-,32?/m1/s1. The van der Waals surface area contributed by atoms with Gasteiger partial charge < -0.3 is 37.2 Å². The van der Waals surface area contributed by atoms with Crippen LogP contribution >= 0.6 is 23.7 Å². The number of rotatable bonds is 17. The van der Waals surface area contributed by atoms with Crippen LogP contribution in [0.2, 0.25) is 0 Å². The van der Waals surface area contributed by atoms with Gasteiger partial charge in [0.2, 0.25) is 6.20 Å². The van der Waals surface area contributed by atoms with E-state index in [1.807, 2.05) is 18.2 Å². The van der Waals surface area contributed by atoms with Crippen LogP contribution in [0.5, 0.6) is 5.75 Å². The van der Waals surface area contributed by atoms with E-state index in [1.165, 1.54) is 19.4 Å². The number of hydrogen-bond donors (Lipinski definition) is 5. The first-order valence-corrected chi connectivity index (χ1v) is 17.9. The van der Waals surface area contributed by atoms with Crippen molar-refractivity contribution in [2.45, 2.75) is 82.8 Å². The van der Waals surface area contributed by atoms with Crippen molar-refractivity contribution >= 4 is 52.3 Å². The normalized spacial score (nSPS) is 19.5. The lowest BCUT2D eigenvalue weighted by Crippen LogP contribution is -2.76. The van der Waals surface area contributed by atoms with Crippen LogP contribution in [-0.4, -0.2) is 86.8 Å². The van der Waals surface area contributed by atoms with Gasteiger partial charge in [0, 0.05) is 11.8 Å². The summed E-state index contributed by atoms with van der Waals surface area (Å²) in [4.78, 5) is 49.0. The number of ether oxygens (including phenoxy) is 1. The lowest BCUT2D eigenvalue weighted by molar-refractivity contribution is -0.775. The number of aromatic nitrogens is 3. The quantitative estimate of drug-likeness (QED) is 0.0432. The van der Waals surface area contributed by atoms with Crippen LogP contribution < -0.4 is 31.9 Å². The number of nitrogens with one attached hydrogen (secondary N) is 1. The molecule has 2 unspecified atom stereocenters. The van der Waals surface area contributed by atoms with Crippen molar-refractivity contribution in [1.29, 1.82) is 0 Å². The zero-order valence-corrected chi connectivity index (χ0v) is 30.5. The topological polar surface area (TPSA) is 236 Å². The molecule has 51 heavy (non-hydrogen) atoms. The second-order valence-electron chi connectivity index (χ2n) is 12.8. The van der Waals surface area contributed by atoms with Crippen LogP contribution in [0.15, 0.2) is 41.1 Å². The van der Waals surface area contributed by atoms with Crippen molar-refractivity contribution in [1.82, 2.24) is 20.0 Å². The molecule has 2 aromatic heterocycles. The fraction of sp³-hybridized carbons (Fsp3) is 0.500. The second-order valence-corrected chi connectivity index (χ2v) is 14.3. The number of thiazole rings is 1. The number of carbonyl (C=O) groups is 3.